The highest BCUT2D eigenvalue weighted by molar-refractivity contribution is 5.92. The molecular formula is C29H34F4N4O5. The Hall–Kier alpha value is -3.90. The first-order chi connectivity index (χ1) is 20.0. The zero-order valence-corrected chi connectivity index (χ0v) is 23.4. The summed E-state index contributed by atoms with van der Waals surface area (Å²) in [4.78, 5) is 46.1. The summed E-state index contributed by atoms with van der Waals surface area (Å²) < 4.78 is 59.9. The van der Waals surface area contributed by atoms with Crippen molar-refractivity contribution in [1.82, 2.24) is 20.1 Å². The first-order valence-corrected chi connectivity index (χ1v) is 13.8. The van der Waals surface area contributed by atoms with Crippen LogP contribution in [0.1, 0.15) is 73.1 Å². The number of benzene rings is 1. The van der Waals surface area contributed by atoms with Crippen LogP contribution in [0.3, 0.4) is 0 Å². The molecule has 1 aliphatic heterocycles. The average Bonchev–Trinajstić information content (AvgIpc) is 3.42. The Bertz CT molecular complexity index is 1270. The van der Waals surface area contributed by atoms with Gasteiger partial charge >= 0.3 is 13.2 Å². The standard InChI is InChI=1S/C29H34F4N4O5/c1-17(38)37-16-19(18-11-12-24(41-28(30)31)25(14-18)42-29(32)33)13-23(37)26(39)34-15-20-7-6-10-22(35-20)27(40)36(2)21-8-4-3-5-9-21/h6-7,10-12,14,19,21,23,28-29H,3-5,8-9,13,15-16H2,1-2H3,(H,34,39)/t19?,23-/m1/s1. The zero-order chi connectivity index (χ0) is 30.4. The molecule has 2 atom stereocenters. The van der Waals surface area contributed by atoms with Crippen LogP contribution in [0.15, 0.2) is 36.4 Å². The number of hydrogen-bond acceptors (Lipinski definition) is 6. The van der Waals surface area contributed by atoms with Crippen molar-refractivity contribution < 1.29 is 41.4 Å². The van der Waals surface area contributed by atoms with Gasteiger partial charge in [-0.2, -0.15) is 17.6 Å². The van der Waals surface area contributed by atoms with Crippen LogP contribution in [0.5, 0.6) is 11.5 Å². The fourth-order valence-electron chi connectivity index (χ4n) is 5.64. The molecular weight excluding hydrogens is 560 g/mol. The lowest BCUT2D eigenvalue weighted by molar-refractivity contribution is -0.136. The summed E-state index contributed by atoms with van der Waals surface area (Å²) in [6, 6.07) is 7.99. The largest absolute Gasteiger partial charge is 0.431 e. The first-order valence-electron chi connectivity index (χ1n) is 13.8. The van der Waals surface area contributed by atoms with Crippen molar-refractivity contribution >= 4 is 17.7 Å². The molecule has 1 unspecified atom stereocenters. The summed E-state index contributed by atoms with van der Waals surface area (Å²) in [5.74, 6) is -2.58. The van der Waals surface area contributed by atoms with E-state index < -0.39 is 42.6 Å². The van der Waals surface area contributed by atoms with E-state index in [1.54, 1.807) is 30.1 Å². The van der Waals surface area contributed by atoms with Crippen LogP contribution in [-0.4, -0.2) is 71.4 Å². The Balaban J connectivity index is 1.43. The van der Waals surface area contributed by atoms with Gasteiger partial charge in [0.25, 0.3) is 5.91 Å². The number of amides is 3. The van der Waals surface area contributed by atoms with Crippen LogP contribution in [0.4, 0.5) is 17.6 Å². The average molecular weight is 595 g/mol. The number of nitrogens with zero attached hydrogens (tertiary/aromatic N) is 3. The van der Waals surface area contributed by atoms with Crippen molar-refractivity contribution in [3.05, 3.63) is 53.3 Å². The third-order valence-electron chi connectivity index (χ3n) is 7.79. The number of pyridine rings is 1. The molecule has 1 saturated carbocycles. The number of alkyl halides is 4. The number of carbonyl (C=O) groups is 3. The number of likely N-dealkylation sites (tertiary alicyclic amines) is 1. The van der Waals surface area contributed by atoms with Gasteiger partial charge in [0.1, 0.15) is 11.7 Å². The highest BCUT2D eigenvalue weighted by Gasteiger charge is 2.39. The number of ether oxygens (including phenoxy) is 2. The number of aromatic nitrogens is 1. The highest BCUT2D eigenvalue weighted by Crippen LogP contribution is 2.38. The van der Waals surface area contributed by atoms with Gasteiger partial charge in [-0.1, -0.05) is 31.4 Å². The predicted octanol–water partition coefficient (Wildman–Crippen LogP) is 4.71. The number of nitrogens with one attached hydrogen (secondary N) is 1. The van der Waals surface area contributed by atoms with Crippen molar-refractivity contribution in [2.24, 2.45) is 0 Å². The van der Waals surface area contributed by atoms with Crippen molar-refractivity contribution in [2.75, 3.05) is 13.6 Å². The second kappa shape index (κ2) is 13.8. The van der Waals surface area contributed by atoms with Crippen LogP contribution >= 0.6 is 0 Å². The molecule has 1 N–H and O–H groups in total. The lowest BCUT2D eigenvalue weighted by Crippen LogP contribution is -2.45. The van der Waals surface area contributed by atoms with Crippen molar-refractivity contribution in [3.63, 3.8) is 0 Å². The van der Waals surface area contributed by atoms with E-state index in [-0.39, 0.29) is 43.1 Å². The molecule has 4 rings (SSSR count). The molecule has 1 aromatic heterocycles. The van der Waals surface area contributed by atoms with Gasteiger partial charge in [-0.05, 0) is 49.1 Å². The minimum absolute atomic E-state index is 0.0199. The summed E-state index contributed by atoms with van der Waals surface area (Å²) in [5, 5.41) is 2.78. The lowest BCUT2D eigenvalue weighted by atomic mass is 9.94. The Labute approximate surface area is 241 Å². The molecule has 0 bridgehead atoms. The molecule has 1 aliphatic carbocycles. The fourth-order valence-corrected chi connectivity index (χ4v) is 5.64. The van der Waals surface area contributed by atoms with E-state index in [0.717, 1.165) is 37.8 Å². The molecule has 0 spiro atoms. The molecule has 1 saturated heterocycles. The Morgan fingerprint density at radius 3 is 2.38 bits per heavy atom. The summed E-state index contributed by atoms with van der Waals surface area (Å²) >= 11 is 0. The molecule has 2 fully saturated rings. The van der Waals surface area contributed by atoms with Crippen molar-refractivity contribution in [2.45, 2.75) is 83.2 Å². The highest BCUT2D eigenvalue weighted by atomic mass is 19.3. The second-order valence-corrected chi connectivity index (χ2v) is 10.5. The second-order valence-electron chi connectivity index (χ2n) is 10.5. The van der Waals surface area contributed by atoms with E-state index in [1.807, 2.05) is 0 Å². The quantitative estimate of drug-likeness (QED) is 0.400. The number of carbonyl (C=O) groups excluding carboxylic acids is 3. The Morgan fingerprint density at radius 1 is 1.02 bits per heavy atom. The van der Waals surface area contributed by atoms with Gasteiger partial charge in [0.2, 0.25) is 11.8 Å². The van der Waals surface area contributed by atoms with Gasteiger partial charge in [0.05, 0.1) is 12.2 Å². The van der Waals surface area contributed by atoms with Crippen LogP contribution in [0, 0.1) is 0 Å². The first kappa shape index (κ1) is 31.0. The van der Waals surface area contributed by atoms with E-state index >= 15 is 0 Å². The summed E-state index contributed by atoms with van der Waals surface area (Å²) in [6.45, 7) is -5.08. The van der Waals surface area contributed by atoms with E-state index in [9.17, 15) is 31.9 Å². The summed E-state index contributed by atoms with van der Waals surface area (Å²) in [5.41, 5.74) is 1.17. The third-order valence-corrected chi connectivity index (χ3v) is 7.79. The van der Waals surface area contributed by atoms with Crippen molar-refractivity contribution in [3.8, 4) is 11.5 Å². The van der Waals surface area contributed by atoms with Gasteiger partial charge in [-0.15, -0.1) is 0 Å². The molecule has 0 radical (unpaired) electrons. The molecule has 42 heavy (non-hydrogen) atoms. The maximum absolute atomic E-state index is 13.2. The normalized spacial score (nSPS) is 19.2. The topological polar surface area (TPSA) is 101 Å². The lowest BCUT2D eigenvalue weighted by Gasteiger charge is -2.31. The molecule has 2 aromatic rings. The van der Waals surface area contributed by atoms with E-state index in [0.29, 0.717) is 11.3 Å². The molecule has 3 amide bonds. The van der Waals surface area contributed by atoms with Crippen LogP contribution in [0.2, 0.25) is 0 Å². The number of hydrogen-bond donors (Lipinski definition) is 1. The predicted molar refractivity (Wildman–Crippen MR) is 143 cm³/mol. The smallest absolute Gasteiger partial charge is 0.387 e. The molecule has 13 heteroatoms. The van der Waals surface area contributed by atoms with Gasteiger partial charge in [0.15, 0.2) is 11.5 Å². The molecule has 9 nitrogen and oxygen atoms in total. The van der Waals surface area contributed by atoms with Crippen LogP contribution in [0.25, 0.3) is 0 Å². The van der Waals surface area contributed by atoms with Gasteiger partial charge in [-0.3, -0.25) is 14.4 Å². The van der Waals surface area contributed by atoms with E-state index in [1.165, 1.54) is 24.3 Å². The summed E-state index contributed by atoms with van der Waals surface area (Å²) in [7, 11) is 1.78. The van der Waals surface area contributed by atoms with Gasteiger partial charge in [-0.25, -0.2) is 4.98 Å². The number of rotatable bonds is 10. The SMILES string of the molecule is CC(=O)N1CC(c2ccc(OC(F)F)c(OC(F)F)c2)C[C@@H]1C(=O)NCc1cccc(C(=O)N(C)C2CCCCC2)n1. The Morgan fingerprint density at radius 2 is 1.71 bits per heavy atom. The minimum Gasteiger partial charge on any atom is -0.431 e. The molecule has 2 aliphatic rings. The van der Waals surface area contributed by atoms with E-state index in [2.05, 4.69) is 19.8 Å². The molecule has 228 valence electrons. The van der Waals surface area contributed by atoms with Crippen molar-refractivity contribution in [1.29, 1.82) is 0 Å². The third kappa shape index (κ3) is 7.68. The fraction of sp³-hybridized carbons (Fsp3) is 0.517. The minimum atomic E-state index is -3.27. The molecule has 2 heterocycles. The maximum atomic E-state index is 13.2. The number of halogens is 4. The maximum Gasteiger partial charge on any atom is 0.387 e. The summed E-state index contributed by atoms with van der Waals surface area (Å²) in [6.07, 6.45) is 5.43. The molecule has 1 aromatic carbocycles. The monoisotopic (exact) mass is 594 g/mol. The van der Waals surface area contributed by atoms with E-state index in [4.69, 9.17) is 0 Å². The van der Waals surface area contributed by atoms with Gasteiger partial charge < -0.3 is 24.6 Å². The van der Waals surface area contributed by atoms with Crippen LogP contribution in [-0.2, 0) is 16.1 Å². The Kier molecular flexibility index (Phi) is 10.2. The van der Waals surface area contributed by atoms with Gasteiger partial charge in [0, 0.05) is 32.5 Å². The zero-order valence-electron chi connectivity index (χ0n) is 23.4. The van der Waals surface area contributed by atoms with Crippen LogP contribution < -0.4 is 14.8 Å².